The van der Waals surface area contributed by atoms with Crippen LogP contribution < -0.4 is 14.9 Å². The van der Waals surface area contributed by atoms with Gasteiger partial charge in [0.1, 0.15) is 12.3 Å². The first kappa shape index (κ1) is 21.9. The predicted molar refractivity (Wildman–Crippen MR) is 129 cm³/mol. The molecule has 1 aromatic heterocycles. The summed E-state index contributed by atoms with van der Waals surface area (Å²) in [4.78, 5) is 29.3. The van der Waals surface area contributed by atoms with Gasteiger partial charge in [0.2, 0.25) is 11.8 Å². The number of methoxy groups -OCH3 is 1. The molecule has 1 aliphatic heterocycles. The van der Waals surface area contributed by atoms with Gasteiger partial charge in [-0.15, -0.1) is 0 Å². The van der Waals surface area contributed by atoms with Gasteiger partial charge in [0, 0.05) is 23.0 Å². The number of amides is 1. The highest BCUT2D eigenvalue weighted by atomic mass is 35.5. The number of aromatic nitrogens is 1. The molecule has 1 aliphatic rings. The molecule has 0 saturated heterocycles. The number of aromatic hydroxyl groups is 1. The van der Waals surface area contributed by atoms with E-state index in [0.717, 1.165) is 44.7 Å². The molecule has 1 amide bonds. The number of para-hydroxylation sites is 1. The maximum atomic E-state index is 12.5. The normalized spacial score (nSPS) is 13.4. The minimum atomic E-state index is -0.471. The van der Waals surface area contributed by atoms with Gasteiger partial charge in [-0.25, -0.2) is 0 Å². The average molecular weight is 470 g/mol. The van der Waals surface area contributed by atoms with E-state index in [0.29, 0.717) is 21.3 Å². The lowest BCUT2D eigenvalue weighted by atomic mass is 10.0. The molecule has 0 unspecified atom stereocenters. The second-order valence-corrected chi connectivity index (χ2v) is 8.46. The molecule has 0 saturated carbocycles. The largest absolute Gasteiger partial charge is 0.495 e. The monoisotopic (exact) mass is 469 g/mol. The first-order valence-corrected chi connectivity index (χ1v) is 11.0. The average Bonchev–Trinajstić information content (AvgIpc) is 3.30. The van der Waals surface area contributed by atoms with Crippen LogP contribution in [0.2, 0.25) is 5.02 Å². The number of nitrogens with zero attached hydrogens (tertiary/aromatic N) is 2. The summed E-state index contributed by atoms with van der Waals surface area (Å²) in [5.74, 6) is -0.248. The summed E-state index contributed by atoms with van der Waals surface area (Å²) >= 11 is 6.95. The fourth-order valence-electron chi connectivity index (χ4n) is 3.46. The van der Waals surface area contributed by atoms with E-state index >= 15 is 0 Å². The van der Waals surface area contributed by atoms with Crippen LogP contribution >= 0.6 is 22.9 Å². The van der Waals surface area contributed by atoms with E-state index in [9.17, 15) is 14.7 Å². The second-order valence-electron chi connectivity index (χ2n) is 7.06. The van der Waals surface area contributed by atoms with Gasteiger partial charge >= 0.3 is 4.87 Å². The highest BCUT2D eigenvalue weighted by Gasteiger charge is 2.19. The zero-order chi connectivity index (χ0) is 22.8. The summed E-state index contributed by atoms with van der Waals surface area (Å²) in [6.07, 6.45) is 4.29. The van der Waals surface area contributed by atoms with Crippen LogP contribution in [0.3, 0.4) is 0 Å². The van der Waals surface area contributed by atoms with Crippen LogP contribution in [0.1, 0.15) is 22.9 Å². The van der Waals surface area contributed by atoms with Crippen molar-refractivity contribution < 1.29 is 14.6 Å². The van der Waals surface area contributed by atoms with E-state index in [-0.39, 0.29) is 12.4 Å². The second kappa shape index (κ2) is 9.02. The summed E-state index contributed by atoms with van der Waals surface area (Å²) in [5.41, 5.74) is 4.25. The van der Waals surface area contributed by atoms with Gasteiger partial charge in [-0.1, -0.05) is 48.1 Å². The molecule has 164 valence electrons. The molecule has 2 N–H and O–H groups in total. The van der Waals surface area contributed by atoms with Gasteiger partial charge in [-0.05, 0) is 36.3 Å². The number of nitrogens with one attached hydrogen (secondary N) is 1. The van der Waals surface area contributed by atoms with Gasteiger partial charge in [0.05, 0.1) is 22.7 Å². The number of carbonyl (C=O) groups excluding carboxylic acids is 1. The molecule has 2 aromatic carbocycles. The third kappa shape index (κ3) is 4.19. The van der Waals surface area contributed by atoms with E-state index in [4.69, 9.17) is 16.3 Å². The van der Waals surface area contributed by atoms with Gasteiger partial charge in [0.25, 0.3) is 0 Å². The number of rotatable bonds is 6. The van der Waals surface area contributed by atoms with Crippen molar-refractivity contribution in [3.63, 3.8) is 0 Å². The fourth-order valence-corrected chi connectivity index (χ4v) is 4.55. The molecular weight excluding hydrogens is 450 g/mol. The minimum absolute atomic E-state index is 0.260. The number of thiazole rings is 1. The Labute approximate surface area is 193 Å². The van der Waals surface area contributed by atoms with E-state index in [1.807, 2.05) is 18.2 Å². The van der Waals surface area contributed by atoms with Gasteiger partial charge in [-0.3, -0.25) is 19.1 Å². The topological polar surface area (TPSA) is 92.9 Å². The van der Waals surface area contributed by atoms with Crippen LogP contribution in [-0.4, -0.2) is 28.9 Å². The van der Waals surface area contributed by atoms with Crippen molar-refractivity contribution in [2.75, 3.05) is 12.4 Å². The molecule has 0 aliphatic carbocycles. The Morgan fingerprint density at radius 2 is 2.16 bits per heavy atom. The molecule has 9 heteroatoms. The van der Waals surface area contributed by atoms with E-state index in [1.165, 1.54) is 7.11 Å². The highest BCUT2D eigenvalue weighted by molar-refractivity contribution is 7.10. The summed E-state index contributed by atoms with van der Waals surface area (Å²) in [5, 5.41) is 13.6. The lowest BCUT2D eigenvalue weighted by molar-refractivity contribution is -0.116. The summed E-state index contributed by atoms with van der Waals surface area (Å²) in [6, 6.07) is 10.8. The number of allylic oxidation sites excluding steroid dienone is 1. The van der Waals surface area contributed by atoms with Crippen molar-refractivity contribution in [3.8, 4) is 11.6 Å². The van der Waals surface area contributed by atoms with E-state index in [2.05, 4.69) is 17.2 Å². The third-order valence-corrected chi connectivity index (χ3v) is 6.27. The van der Waals surface area contributed by atoms with Crippen molar-refractivity contribution in [1.82, 2.24) is 4.57 Å². The zero-order valence-electron chi connectivity index (χ0n) is 17.4. The Hall–Kier alpha value is -3.36. The quantitative estimate of drug-likeness (QED) is 0.545. The number of anilines is 1. The number of ether oxygens (including phenoxy) is 1. The highest BCUT2D eigenvalue weighted by Crippen LogP contribution is 2.37. The Morgan fingerprint density at radius 3 is 2.88 bits per heavy atom. The van der Waals surface area contributed by atoms with Crippen molar-refractivity contribution in [2.45, 2.75) is 19.9 Å². The molecule has 2 heterocycles. The first-order valence-electron chi connectivity index (χ1n) is 9.85. The maximum Gasteiger partial charge on any atom is 0.311 e. The van der Waals surface area contributed by atoms with Crippen molar-refractivity contribution >= 4 is 58.1 Å². The van der Waals surface area contributed by atoms with Crippen molar-refractivity contribution in [2.24, 2.45) is 4.99 Å². The summed E-state index contributed by atoms with van der Waals surface area (Å²) in [6.45, 7) is 1.73. The zero-order valence-corrected chi connectivity index (χ0v) is 19.0. The smallest absolute Gasteiger partial charge is 0.311 e. The number of hydrogen-bond acceptors (Lipinski definition) is 6. The summed E-state index contributed by atoms with van der Waals surface area (Å²) in [7, 11) is 1.50. The van der Waals surface area contributed by atoms with Crippen molar-refractivity contribution in [1.29, 1.82) is 0 Å². The van der Waals surface area contributed by atoms with E-state index in [1.54, 1.807) is 30.5 Å². The van der Waals surface area contributed by atoms with Crippen LogP contribution in [0.25, 0.3) is 11.6 Å². The van der Waals surface area contributed by atoms with Crippen LogP contribution in [0.15, 0.2) is 46.2 Å². The SMILES string of the molecule is CCc1cccc2c1N=CC2=Cc1sc(=O)n(CC(=O)Nc2ccc(OC)c(Cl)c2)c1O. The van der Waals surface area contributed by atoms with Gasteiger partial charge < -0.3 is 15.2 Å². The number of carbonyl (C=O) groups is 1. The molecule has 32 heavy (non-hydrogen) atoms. The number of aryl methyl sites for hydroxylation is 1. The molecule has 3 aromatic rings. The number of benzene rings is 2. The van der Waals surface area contributed by atoms with Crippen LogP contribution in [-0.2, 0) is 17.8 Å². The fraction of sp³-hybridized carbons (Fsp3) is 0.174. The molecule has 4 rings (SSSR count). The number of aliphatic imine (C=N–C) groups is 1. The Kier molecular flexibility index (Phi) is 6.16. The van der Waals surface area contributed by atoms with Crippen LogP contribution in [0.5, 0.6) is 11.6 Å². The number of fused-ring (bicyclic) bond motifs is 1. The lowest BCUT2D eigenvalue weighted by Crippen LogP contribution is -2.24. The van der Waals surface area contributed by atoms with Gasteiger partial charge in [-0.2, -0.15) is 0 Å². The van der Waals surface area contributed by atoms with Crippen LogP contribution in [0.4, 0.5) is 11.4 Å². The standard InChI is InChI=1S/C23H20ClN3O4S/c1-3-13-5-4-6-16-14(11-25-21(13)16)9-19-22(29)27(23(30)32-19)12-20(28)26-15-7-8-18(31-2)17(24)10-15/h4-11,29H,3,12H2,1-2H3,(H,26,28). The molecular formula is C23H20ClN3O4S. The molecule has 0 spiro atoms. The third-order valence-electron chi connectivity index (χ3n) is 5.06. The Bertz CT molecular complexity index is 1320. The molecule has 0 bridgehead atoms. The minimum Gasteiger partial charge on any atom is -0.495 e. The van der Waals surface area contributed by atoms with Gasteiger partial charge in [0.15, 0.2) is 0 Å². The molecule has 0 atom stereocenters. The number of halogens is 1. The van der Waals surface area contributed by atoms with E-state index < -0.39 is 10.8 Å². The molecule has 0 radical (unpaired) electrons. The van der Waals surface area contributed by atoms with Crippen molar-refractivity contribution in [3.05, 3.63) is 67.1 Å². The maximum absolute atomic E-state index is 12.5. The summed E-state index contributed by atoms with van der Waals surface area (Å²) < 4.78 is 6.12. The molecule has 7 nitrogen and oxygen atoms in total. The number of hydrogen-bond donors (Lipinski definition) is 2. The Balaban J connectivity index is 1.55. The Morgan fingerprint density at radius 1 is 1.34 bits per heavy atom. The lowest BCUT2D eigenvalue weighted by Gasteiger charge is -2.09. The first-order chi connectivity index (χ1) is 15.4. The molecule has 0 fully saturated rings. The van der Waals surface area contributed by atoms with Crippen LogP contribution in [0, 0.1) is 0 Å². The predicted octanol–water partition coefficient (Wildman–Crippen LogP) is 4.74.